The molecule has 1 fully saturated rings. The highest BCUT2D eigenvalue weighted by Gasteiger charge is 2.23. The maximum absolute atomic E-state index is 15.3. The van der Waals surface area contributed by atoms with Crippen molar-refractivity contribution in [2.24, 2.45) is 0 Å². The monoisotopic (exact) mass is 566 g/mol. The predicted octanol–water partition coefficient (Wildman–Crippen LogP) is 2.58. The Balaban J connectivity index is 1.46. The molecule has 2 aromatic heterocycles. The number of aliphatic hydroxyl groups is 1. The Bertz CT molecular complexity index is 1690. The van der Waals surface area contributed by atoms with Gasteiger partial charge < -0.3 is 20.6 Å². The van der Waals surface area contributed by atoms with Crippen molar-refractivity contribution < 1.29 is 23.1 Å². The molecule has 1 aliphatic rings. The van der Waals surface area contributed by atoms with E-state index in [0.29, 0.717) is 32.7 Å². The number of fused-ring (bicyclic) bond motifs is 1. The number of aromatic nitrogens is 4. The van der Waals surface area contributed by atoms with E-state index in [4.69, 9.17) is 5.11 Å². The lowest BCUT2D eigenvalue weighted by atomic mass is 10.2. The second-order valence-corrected chi connectivity index (χ2v) is 9.12. The van der Waals surface area contributed by atoms with Gasteiger partial charge in [-0.2, -0.15) is 9.97 Å². The van der Waals surface area contributed by atoms with Gasteiger partial charge >= 0.3 is 0 Å². The van der Waals surface area contributed by atoms with Gasteiger partial charge in [-0.1, -0.05) is 12.6 Å². The van der Waals surface area contributed by atoms with Crippen LogP contribution in [0.25, 0.3) is 16.7 Å². The number of piperazine rings is 1. The Hall–Kier alpha value is -4.82. The van der Waals surface area contributed by atoms with E-state index >= 15 is 13.2 Å². The lowest BCUT2D eigenvalue weighted by molar-refractivity contribution is -0.111. The Kier molecular flexibility index (Phi) is 7.94. The minimum atomic E-state index is -1.15. The van der Waals surface area contributed by atoms with Crippen LogP contribution in [0.15, 0.2) is 60.3 Å². The number of benzene rings is 2. The first-order valence-corrected chi connectivity index (χ1v) is 12.6. The third-order valence-corrected chi connectivity index (χ3v) is 6.64. The molecule has 1 amide bonds. The SMILES string of the molecule is C=CC(=O)Nc1cccc(-n2cnc(=O)c3cnc(Nc4ccc(N5CCN(CCO)CC5)c(F)c4F)nc32)c1F. The van der Waals surface area contributed by atoms with Crippen LogP contribution in [-0.4, -0.2) is 74.8 Å². The normalized spacial score (nSPS) is 13.8. The molecule has 0 saturated carbocycles. The fraction of sp³-hybridized carbons (Fsp3) is 0.222. The lowest BCUT2D eigenvalue weighted by Gasteiger charge is -2.36. The molecule has 4 aromatic rings. The van der Waals surface area contributed by atoms with Crippen LogP contribution >= 0.6 is 0 Å². The molecular weight excluding hydrogens is 541 g/mol. The summed E-state index contributed by atoms with van der Waals surface area (Å²) >= 11 is 0. The van der Waals surface area contributed by atoms with E-state index in [1.165, 1.54) is 34.9 Å². The van der Waals surface area contributed by atoms with Crippen LogP contribution in [-0.2, 0) is 4.79 Å². The third kappa shape index (κ3) is 5.60. The molecule has 1 aliphatic heterocycles. The Morgan fingerprint density at radius 1 is 1.00 bits per heavy atom. The first kappa shape index (κ1) is 27.7. The average molecular weight is 567 g/mol. The Morgan fingerprint density at radius 2 is 1.78 bits per heavy atom. The van der Waals surface area contributed by atoms with Gasteiger partial charge in [0.15, 0.2) is 23.1 Å². The van der Waals surface area contributed by atoms with Gasteiger partial charge in [0, 0.05) is 38.9 Å². The first-order chi connectivity index (χ1) is 19.8. The molecule has 0 bridgehead atoms. The van der Waals surface area contributed by atoms with Crippen LogP contribution in [0.1, 0.15) is 0 Å². The summed E-state index contributed by atoms with van der Waals surface area (Å²) in [4.78, 5) is 39.9. The maximum atomic E-state index is 15.3. The van der Waals surface area contributed by atoms with Crippen molar-refractivity contribution in [3.63, 3.8) is 0 Å². The van der Waals surface area contributed by atoms with Crippen LogP contribution in [0.5, 0.6) is 0 Å². The Labute approximate surface area is 231 Å². The zero-order valence-electron chi connectivity index (χ0n) is 21.6. The summed E-state index contributed by atoms with van der Waals surface area (Å²) in [5, 5.41) is 14.0. The van der Waals surface area contributed by atoms with E-state index < -0.39 is 28.9 Å². The number of rotatable bonds is 8. The third-order valence-electron chi connectivity index (χ3n) is 6.64. The number of β-amino-alcohol motifs (C(OH)–C–C–N with tert-alkyl or cyclic N) is 1. The lowest BCUT2D eigenvalue weighted by Crippen LogP contribution is -2.47. The summed E-state index contributed by atoms with van der Waals surface area (Å²) < 4.78 is 46.8. The van der Waals surface area contributed by atoms with Crippen molar-refractivity contribution in [1.82, 2.24) is 24.4 Å². The molecule has 0 aliphatic carbocycles. The van der Waals surface area contributed by atoms with Crippen molar-refractivity contribution in [2.45, 2.75) is 0 Å². The number of aliphatic hydroxyl groups excluding tert-OH is 1. The summed E-state index contributed by atoms with van der Waals surface area (Å²) in [6.07, 6.45) is 3.20. The summed E-state index contributed by atoms with van der Waals surface area (Å²) in [7, 11) is 0. The molecule has 2 aromatic carbocycles. The van der Waals surface area contributed by atoms with Crippen LogP contribution < -0.4 is 21.1 Å². The molecule has 11 nitrogen and oxygen atoms in total. The Morgan fingerprint density at radius 3 is 2.51 bits per heavy atom. The van der Waals surface area contributed by atoms with E-state index in [1.54, 1.807) is 4.90 Å². The van der Waals surface area contributed by atoms with Crippen LogP contribution in [0.2, 0.25) is 0 Å². The van der Waals surface area contributed by atoms with E-state index in [2.05, 4.69) is 32.2 Å². The number of amides is 1. The van der Waals surface area contributed by atoms with Gasteiger partial charge in [-0.3, -0.25) is 19.1 Å². The van der Waals surface area contributed by atoms with Crippen LogP contribution in [0.4, 0.5) is 36.2 Å². The number of anilines is 4. The number of carbonyl (C=O) groups is 1. The zero-order valence-corrected chi connectivity index (χ0v) is 21.6. The van der Waals surface area contributed by atoms with Crippen molar-refractivity contribution in [3.05, 3.63) is 83.3 Å². The molecule has 0 spiro atoms. The number of nitrogens with one attached hydrogen (secondary N) is 2. The maximum Gasteiger partial charge on any atom is 0.283 e. The smallest absolute Gasteiger partial charge is 0.283 e. The molecule has 41 heavy (non-hydrogen) atoms. The number of hydrogen-bond donors (Lipinski definition) is 3. The predicted molar refractivity (Wildman–Crippen MR) is 147 cm³/mol. The topological polar surface area (TPSA) is 129 Å². The summed E-state index contributed by atoms with van der Waals surface area (Å²) in [5.41, 5.74) is -1.11. The van der Waals surface area contributed by atoms with Crippen LogP contribution in [0, 0.1) is 17.5 Å². The largest absolute Gasteiger partial charge is 0.395 e. The second-order valence-electron chi connectivity index (χ2n) is 9.12. The summed E-state index contributed by atoms with van der Waals surface area (Å²) in [5.74, 6) is -3.83. The summed E-state index contributed by atoms with van der Waals surface area (Å²) in [6, 6.07) is 7.01. The fourth-order valence-corrected chi connectivity index (χ4v) is 4.52. The van der Waals surface area contributed by atoms with Crippen molar-refractivity contribution >= 4 is 40.0 Å². The molecule has 5 rings (SSSR count). The summed E-state index contributed by atoms with van der Waals surface area (Å²) in [6.45, 7) is 6.04. The molecule has 14 heteroatoms. The van der Waals surface area contributed by atoms with Gasteiger partial charge in [0.2, 0.25) is 11.9 Å². The average Bonchev–Trinajstić information content (AvgIpc) is 2.98. The standard InChI is InChI=1S/C27H25F3N8O3/c1-2-21(40)33-17-4-3-5-20(22(17)28)38-15-32-26(41)16-14-31-27(35-25(16)38)34-18-6-7-19(24(30)23(18)29)37-10-8-36(9-11-37)12-13-39/h2-7,14-15,39H,1,8-13H2,(H,33,40)(H,31,34,35). The highest BCUT2D eigenvalue weighted by molar-refractivity contribution is 5.99. The van der Waals surface area contributed by atoms with E-state index in [-0.39, 0.29) is 46.3 Å². The van der Waals surface area contributed by atoms with Gasteiger partial charge in [0.05, 0.1) is 29.4 Å². The fourth-order valence-electron chi connectivity index (χ4n) is 4.52. The number of carbonyl (C=O) groups excluding carboxylic acids is 1. The molecule has 212 valence electrons. The van der Waals surface area contributed by atoms with Crippen molar-refractivity contribution in [1.29, 1.82) is 0 Å². The van der Waals surface area contributed by atoms with Gasteiger partial charge in [-0.15, -0.1) is 0 Å². The highest BCUT2D eigenvalue weighted by atomic mass is 19.2. The number of hydrogen-bond acceptors (Lipinski definition) is 9. The first-order valence-electron chi connectivity index (χ1n) is 12.6. The zero-order chi connectivity index (χ0) is 29.1. The number of nitrogens with zero attached hydrogens (tertiary/aromatic N) is 6. The van der Waals surface area contributed by atoms with Gasteiger partial charge in [-0.05, 0) is 30.3 Å². The second kappa shape index (κ2) is 11.7. The van der Waals surface area contributed by atoms with Gasteiger partial charge in [0.25, 0.3) is 5.56 Å². The molecular formula is C27H25F3N8O3. The molecule has 0 atom stereocenters. The molecule has 0 radical (unpaired) electrons. The minimum absolute atomic E-state index is 0.0299. The van der Waals surface area contributed by atoms with Gasteiger partial charge in [-0.25, -0.2) is 18.2 Å². The van der Waals surface area contributed by atoms with Crippen LogP contribution in [0.3, 0.4) is 0 Å². The van der Waals surface area contributed by atoms with Gasteiger partial charge in [0.1, 0.15) is 11.7 Å². The molecule has 3 heterocycles. The van der Waals surface area contributed by atoms with E-state index in [9.17, 15) is 9.59 Å². The highest BCUT2D eigenvalue weighted by Crippen LogP contribution is 2.30. The quantitative estimate of drug-likeness (QED) is 0.276. The van der Waals surface area contributed by atoms with Crippen molar-refractivity contribution in [3.8, 4) is 5.69 Å². The van der Waals surface area contributed by atoms with Crippen molar-refractivity contribution in [2.75, 3.05) is 54.9 Å². The van der Waals surface area contributed by atoms with E-state index in [0.717, 1.165) is 18.6 Å². The number of halogens is 3. The van der Waals surface area contributed by atoms with E-state index in [1.807, 2.05) is 4.90 Å². The molecule has 3 N–H and O–H groups in total. The molecule has 0 unspecified atom stereocenters. The molecule has 1 saturated heterocycles. The minimum Gasteiger partial charge on any atom is -0.395 e.